The Morgan fingerprint density at radius 3 is 2.88 bits per heavy atom. The third-order valence-corrected chi connectivity index (χ3v) is 2.55. The molecule has 0 aromatic carbocycles. The van der Waals surface area contributed by atoms with Crippen molar-refractivity contribution in [2.75, 3.05) is 11.1 Å². The summed E-state index contributed by atoms with van der Waals surface area (Å²) in [5.41, 5.74) is 7.86. The molecule has 0 saturated heterocycles. The van der Waals surface area contributed by atoms with E-state index in [1.807, 2.05) is 26.4 Å². The van der Waals surface area contributed by atoms with E-state index >= 15 is 0 Å². The van der Waals surface area contributed by atoms with Gasteiger partial charge in [-0.25, -0.2) is 9.97 Å². The maximum Gasteiger partial charge on any atom is 0.134 e. The van der Waals surface area contributed by atoms with E-state index in [2.05, 4.69) is 20.4 Å². The first-order valence-corrected chi connectivity index (χ1v) is 5.51. The molecule has 0 atom stereocenters. The Kier molecular flexibility index (Phi) is 3.22. The summed E-state index contributed by atoms with van der Waals surface area (Å²) in [6.07, 6.45) is 6.06. The first-order valence-electron chi connectivity index (χ1n) is 5.51. The van der Waals surface area contributed by atoms with E-state index in [0.717, 1.165) is 23.4 Å². The second kappa shape index (κ2) is 4.82. The van der Waals surface area contributed by atoms with Crippen LogP contribution in [0.4, 0.5) is 11.6 Å². The van der Waals surface area contributed by atoms with Crippen molar-refractivity contribution < 1.29 is 0 Å². The molecule has 0 amide bonds. The summed E-state index contributed by atoms with van der Waals surface area (Å²) in [6.45, 7) is 2.71. The fourth-order valence-electron chi connectivity index (χ4n) is 1.68. The largest absolute Gasteiger partial charge is 0.383 e. The van der Waals surface area contributed by atoms with Gasteiger partial charge in [0.1, 0.15) is 18.0 Å². The van der Waals surface area contributed by atoms with Gasteiger partial charge in [0.05, 0.1) is 6.20 Å². The van der Waals surface area contributed by atoms with Crippen LogP contribution in [-0.2, 0) is 20.0 Å². The van der Waals surface area contributed by atoms with Crippen LogP contribution in [0.3, 0.4) is 0 Å². The number of rotatable bonds is 4. The van der Waals surface area contributed by atoms with Gasteiger partial charge in [0.15, 0.2) is 0 Å². The molecule has 0 radical (unpaired) electrons. The van der Waals surface area contributed by atoms with Gasteiger partial charge in [-0.15, -0.1) is 0 Å². The highest BCUT2D eigenvalue weighted by molar-refractivity contribution is 5.54. The third kappa shape index (κ3) is 2.52. The summed E-state index contributed by atoms with van der Waals surface area (Å²) in [4.78, 5) is 8.18. The molecular weight excluding hydrogens is 216 g/mol. The van der Waals surface area contributed by atoms with Crippen molar-refractivity contribution in [1.82, 2.24) is 19.7 Å². The zero-order valence-corrected chi connectivity index (χ0v) is 10.0. The zero-order chi connectivity index (χ0) is 12.3. The lowest BCUT2D eigenvalue weighted by Crippen LogP contribution is -2.07. The van der Waals surface area contributed by atoms with Gasteiger partial charge in [-0.2, -0.15) is 5.10 Å². The number of nitrogens with two attached hydrogens (primary N) is 1. The van der Waals surface area contributed by atoms with Gasteiger partial charge in [-0.05, 0) is 6.42 Å². The number of aryl methyl sites for hydroxylation is 1. The van der Waals surface area contributed by atoms with Crippen LogP contribution in [-0.4, -0.2) is 19.7 Å². The topological polar surface area (TPSA) is 81.7 Å². The van der Waals surface area contributed by atoms with E-state index in [9.17, 15) is 0 Å². The molecule has 0 aliphatic rings. The van der Waals surface area contributed by atoms with E-state index in [0.29, 0.717) is 12.4 Å². The molecule has 0 unspecified atom stereocenters. The minimum atomic E-state index is 0.538. The van der Waals surface area contributed by atoms with Gasteiger partial charge in [-0.1, -0.05) is 6.92 Å². The van der Waals surface area contributed by atoms with Crippen LogP contribution in [0, 0.1) is 0 Å². The van der Waals surface area contributed by atoms with Crippen molar-refractivity contribution in [2.24, 2.45) is 7.05 Å². The summed E-state index contributed by atoms with van der Waals surface area (Å²) in [5.74, 6) is 1.33. The second-order valence-corrected chi connectivity index (χ2v) is 3.82. The quantitative estimate of drug-likeness (QED) is 0.820. The second-order valence-electron chi connectivity index (χ2n) is 3.82. The Morgan fingerprint density at radius 1 is 1.41 bits per heavy atom. The number of hydrogen-bond donors (Lipinski definition) is 2. The lowest BCUT2D eigenvalue weighted by atomic mass is 10.2. The number of nitrogen functional groups attached to an aromatic ring is 1. The van der Waals surface area contributed by atoms with Gasteiger partial charge in [0.25, 0.3) is 0 Å². The number of anilines is 2. The molecule has 2 aromatic rings. The SMILES string of the molecule is CCc1c(N)ncnc1NCc1cnn(C)c1. The van der Waals surface area contributed by atoms with Crippen molar-refractivity contribution in [1.29, 1.82) is 0 Å². The smallest absolute Gasteiger partial charge is 0.134 e. The summed E-state index contributed by atoms with van der Waals surface area (Å²) in [5, 5.41) is 7.36. The van der Waals surface area contributed by atoms with Crippen LogP contribution >= 0.6 is 0 Å². The van der Waals surface area contributed by atoms with E-state index in [-0.39, 0.29) is 0 Å². The summed E-state index contributed by atoms with van der Waals surface area (Å²) < 4.78 is 1.77. The number of aromatic nitrogens is 4. The van der Waals surface area contributed by atoms with E-state index in [4.69, 9.17) is 5.73 Å². The van der Waals surface area contributed by atoms with Crippen LogP contribution in [0.2, 0.25) is 0 Å². The van der Waals surface area contributed by atoms with Gasteiger partial charge >= 0.3 is 0 Å². The summed E-state index contributed by atoms with van der Waals surface area (Å²) in [6, 6.07) is 0. The normalized spacial score (nSPS) is 10.5. The van der Waals surface area contributed by atoms with Crippen molar-refractivity contribution in [3.63, 3.8) is 0 Å². The van der Waals surface area contributed by atoms with Crippen LogP contribution in [0.5, 0.6) is 0 Å². The van der Waals surface area contributed by atoms with Crippen molar-refractivity contribution in [3.8, 4) is 0 Å². The summed E-state index contributed by atoms with van der Waals surface area (Å²) >= 11 is 0. The minimum absolute atomic E-state index is 0.538. The molecule has 0 spiro atoms. The fraction of sp³-hybridized carbons (Fsp3) is 0.364. The molecule has 2 heterocycles. The lowest BCUT2D eigenvalue weighted by molar-refractivity contribution is 0.767. The molecule has 0 aliphatic heterocycles. The predicted octanol–water partition coefficient (Wildman–Crippen LogP) is 0.967. The molecule has 6 nitrogen and oxygen atoms in total. The number of hydrogen-bond acceptors (Lipinski definition) is 5. The zero-order valence-electron chi connectivity index (χ0n) is 10.0. The number of nitrogens with zero attached hydrogens (tertiary/aromatic N) is 4. The first kappa shape index (κ1) is 11.4. The van der Waals surface area contributed by atoms with Crippen molar-refractivity contribution in [2.45, 2.75) is 19.9 Å². The molecule has 2 rings (SSSR count). The van der Waals surface area contributed by atoms with E-state index in [1.54, 1.807) is 4.68 Å². The molecule has 17 heavy (non-hydrogen) atoms. The Hall–Kier alpha value is -2.11. The minimum Gasteiger partial charge on any atom is -0.383 e. The molecule has 2 aromatic heterocycles. The molecule has 0 saturated carbocycles. The first-order chi connectivity index (χ1) is 8.20. The Balaban J connectivity index is 2.11. The molecular formula is C11H16N6. The van der Waals surface area contributed by atoms with Crippen LogP contribution in [0.25, 0.3) is 0 Å². The number of nitrogens with one attached hydrogen (secondary N) is 1. The van der Waals surface area contributed by atoms with Crippen LogP contribution in [0.1, 0.15) is 18.1 Å². The van der Waals surface area contributed by atoms with E-state index in [1.165, 1.54) is 6.33 Å². The highest BCUT2D eigenvalue weighted by Crippen LogP contribution is 2.18. The van der Waals surface area contributed by atoms with Gasteiger partial charge in [0.2, 0.25) is 0 Å². The molecule has 0 bridgehead atoms. The Bertz CT molecular complexity index is 504. The van der Waals surface area contributed by atoms with Gasteiger partial charge in [0, 0.05) is 30.9 Å². The fourth-order valence-corrected chi connectivity index (χ4v) is 1.68. The standard InChI is InChI=1S/C11H16N6/c1-3-9-10(12)14-7-15-11(9)13-4-8-5-16-17(2)6-8/h5-7H,3-4H2,1-2H3,(H3,12,13,14,15). The maximum absolute atomic E-state index is 5.80. The van der Waals surface area contributed by atoms with Crippen LogP contribution < -0.4 is 11.1 Å². The Morgan fingerprint density at radius 2 is 2.24 bits per heavy atom. The molecule has 0 fully saturated rings. The predicted molar refractivity (Wildman–Crippen MR) is 66.4 cm³/mol. The average molecular weight is 232 g/mol. The van der Waals surface area contributed by atoms with E-state index < -0.39 is 0 Å². The monoisotopic (exact) mass is 232 g/mol. The van der Waals surface area contributed by atoms with Gasteiger partial charge in [-0.3, -0.25) is 4.68 Å². The lowest BCUT2D eigenvalue weighted by Gasteiger charge is -2.09. The van der Waals surface area contributed by atoms with Crippen molar-refractivity contribution in [3.05, 3.63) is 29.8 Å². The highest BCUT2D eigenvalue weighted by Gasteiger charge is 2.06. The Labute approximate surface area is 99.9 Å². The molecule has 6 heteroatoms. The average Bonchev–Trinajstić information content (AvgIpc) is 2.72. The van der Waals surface area contributed by atoms with Gasteiger partial charge < -0.3 is 11.1 Å². The van der Waals surface area contributed by atoms with Crippen LogP contribution in [0.15, 0.2) is 18.7 Å². The molecule has 0 aliphatic carbocycles. The molecule has 3 N–H and O–H groups in total. The maximum atomic E-state index is 5.80. The highest BCUT2D eigenvalue weighted by atomic mass is 15.2. The molecule has 90 valence electrons. The van der Waals surface area contributed by atoms with Crippen molar-refractivity contribution >= 4 is 11.6 Å². The summed E-state index contributed by atoms with van der Waals surface area (Å²) in [7, 11) is 1.89. The third-order valence-electron chi connectivity index (χ3n) is 2.55.